The molecule has 0 saturated carbocycles. The molecule has 0 aliphatic carbocycles. The first-order valence-electron chi connectivity index (χ1n) is 9.15. The van der Waals surface area contributed by atoms with Crippen LogP contribution in [0.15, 0.2) is 0 Å². The van der Waals surface area contributed by atoms with Crippen molar-refractivity contribution < 1.29 is 4.74 Å². The van der Waals surface area contributed by atoms with Gasteiger partial charge in [0.05, 0.1) is 12.7 Å². The summed E-state index contributed by atoms with van der Waals surface area (Å²) in [7, 11) is 0. The molecule has 0 spiro atoms. The van der Waals surface area contributed by atoms with Gasteiger partial charge in [0.1, 0.15) is 0 Å². The topological polar surface area (TPSA) is 12.5 Å². The molecule has 1 rings (SSSR count). The highest BCUT2D eigenvalue weighted by Gasteiger charge is 2.27. The Morgan fingerprint density at radius 1 is 0.950 bits per heavy atom. The number of rotatable bonds is 11. The first-order chi connectivity index (χ1) is 9.81. The molecule has 1 fully saturated rings. The highest BCUT2D eigenvalue weighted by Crippen LogP contribution is 2.25. The fourth-order valence-corrected chi connectivity index (χ4v) is 3.35. The third-order valence-electron chi connectivity index (χ3n) is 4.60. The fraction of sp³-hybridized carbons (Fsp3) is 1.00. The van der Waals surface area contributed by atoms with E-state index in [-0.39, 0.29) is 0 Å². The molecule has 1 heterocycles. The number of nitrogens with zero attached hydrogens (tertiary/aromatic N) is 1. The quantitative estimate of drug-likeness (QED) is 0.501. The Kier molecular flexibility index (Phi) is 10.4. The van der Waals surface area contributed by atoms with Gasteiger partial charge < -0.3 is 4.74 Å². The Morgan fingerprint density at radius 3 is 2.40 bits per heavy atom. The molecule has 1 saturated heterocycles. The van der Waals surface area contributed by atoms with Gasteiger partial charge in [0, 0.05) is 13.1 Å². The van der Waals surface area contributed by atoms with Gasteiger partial charge in [-0.15, -0.1) is 0 Å². The van der Waals surface area contributed by atoms with Gasteiger partial charge in [0.25, 0.3) is 0 Å². The lowest BCUT2D eigenvalue weighted by atomic mass is 9.89. The second-order valence-corrected chi connectivity index (χ2v) is 6.46. The molecule has 0 radical (unpaired) electrons. The maximum Gasteiger partial charge on any atom is 0.0730 e. The van der Waals surface area contributed by atoms with E-state index in [2.05, 4.69) is 25.7 Å². The molecule has 2 unspecified atom stereocenters. The van der Waals surface area contributed by atoms with Gasteiger partial charge in [0.15, 0.2) is 0 Å². The lowest BCUT2D eigenvalue weighted by Gasteiger charge is -2.37. The molecule has 2 nitrogen and oxygen atoms in total. The van der Waals surface area contributed by atoms with Gasteiger partial charge in [-0.3, -0.25) is 4.90 Å². The molecule has 0 N–H and O–H groups in total. The zero-order valence-electron chi connectivity index (χ0n) is 14.2. The van der Waals surface area contributed by atoms with Crippen LogP contribution in [0.2, 0.25) is 0 Å². The Labute approximate surface area is 127 Å². The lowest BCUT2D eigenvalue weighted by molar-refractivity contribution is -0.0616. The van der Waals surface area contributed by atoms with Crippen molar-refractivity contribution in [3.8, 4) is 0 Å². The maximum atomic E-state index is 6.13. The molecule has 0 bridgehead atoms. The molecular weight excluding hydrogens is 246 g/mol. The van der Waals surface area contributed by atoms with E-state index in [1.165, 1.54) is 70.9 Å². The van der Waals surface area contributed by atoms with Crippen LogP contribution in [0.25, 0.3) is 0 Å². The standard InChI is InChI=1S/C18H37NO/c1-4-7-9-10-12-17(11-8-5-2)18-16-19(13-6-3)14-15-20-18/h17-18H,4-16H2,1-3H3. The fourth-order valence-electron chi connectivity index (χ4n) is 3.35. The van der Waals surface area contributed by atoms with Crippen molar-refractivity contribution in [1.82, 2.24) is 4.90 Å². The minimum Gasteiger partial charge on any atom is -0.375 e. The Bertz CT molecular complexity index is 217. The monoisotopic (exact) mass is 283 g/mol. The van der Waals surface area contributed by atoms with Crippen molar-refractivity contribution in [2.75, 3.05) is 26.2 Å². The predicted octanol–water partition coefficient (Wildman–Crippen LogP) is 4.87. The van der Waals surface area contributed by atoms with Crippen molar-refractivity contribution >= 4 is 0 Å². The predicted molar refractivity (Wildman–Crippen MR) is 88.2 cm³/mol. The van der Waals surface area contributed by atoms with Crippen molar-refractivity contribution in [3.63, 3.8) is 0 Å². The van der Waals surface area contributed by atoms with E-state index >= 15 is 0 Å². The largest absolute Gasteiger partial charge is 0.375 e. The Balaban J connectivity index is 2.39. The molecule has 0 amide bonds. The Hall–Kier alpha value is -0.0800. The van der Waals surface area contributed by atoms with E-state index in [1.807, 2.05) is 0 Å². The molecular formula is C18H37NO. The maximum absolute atomic E-state index is 6.13. The second-order valence-electron chi connectivity index (χ2n) is 6.46. The van der Waals surface area contributed by atoms with E-state index in [1.54, 1.807) is 0 Å². The van der Waals surface area contributed by atoms with Crippen LogP contribution in [-0.2, 0) is 4.74 Å². The average Bonchev–Trinajstić information content (AvgIpc) is 2.47. The number of unbranched alkanes of at least 4 members (excludes halogenated alkanes) is 4. The highest BCUT2D eigenvalue weighted by atomic mass is 16.5. The lowest BCUT2D eigenvalue weighted by Crippen LogP contribution is -2.45. The van der Waals surface area contributed by atoms with Gasteiger partial charge in [-0.25, -0.2) is 0 Å². The number of hydrogen-bond acceptors (Lipinski definition) is 2. The van der Waals surface area contributed by atoms with Crippen LogP contribution in [0, 0.1) is 5.92 Å². The van der Waals surface area contributed by atoms with Crippen LogP contribution >= 0.6 is 0 Å². The van der Waals surface area contributed by atoms with Crippen LogP contribution in [-0.4, -0.2) is 37.2 Å². The summed E-state index contributed by atoms with van der Waals surface area (Å²) < 4.78 is 6.13. The SMILES string of the molecule is CCCCCCC(CCCC)C1CN(CCC)CCO1. The molecule has 0 aromatic heterocycles. The van der Waals surface area contributed by atoms with E-state index in [4.69, 9.17) is 4.74 Å². The summed E-state index contributed by atoms with van der Waals surface area (Å²) in [6, 6.07) is 0. The van der Waals surface area contributed by atoms with E-state index in [0.29, 0.717) is 6.10 Å². The molecule has 0 aromatic carbocycles. The minimum absolute atomic E-state index is 0.503. The van der Waals surface area contributed by atoms with E-state index in [0.717, 1.165) is 19.1 Å². The summed E-state index contributed by atoms with van der Waals surface area (Å²) in [5.41, 5.74) is 0. The molecule has 120 valence electrons. The first-order valence-corrected chi connectivity index (χ1v) is 9.15. The second kappa shape index (κ2) is 11.6. The first kappa shape index (κ1) is 18.0. The third-order valence-corrected chi connectivity index (χ3v) is 4.60. The van der Waals surface area contributed by atoms with Gasteiger partial charge >= 0.3 is 0 Å². The zero-order valence-corrected chi connectivity index (χ0v) is 14.2. The number of morpholine rings is 1. The molecule has 2 atom stereocenters. The number of hydrogen-bond donors (Lipinski definition) is 0. The van der Waals surface area contributed by atoms with E-state index < -0.39 is 0 Å². The summed E-state index contributed by atoms with van der Waals surface area (Å²) in [5, 5.41) is 0. The van der Waals surface area contributed by atoms with Crippen LogP contribution < -0.4 is 0 Å². The molecule has 20 heavy (non-hydrogen) atoms. The van der Waals surface area contributed by atoms with Crippen molar-refractivity contribution in [1.29, 1.82) is 0 Å². The van der Waals surface area contributed by atoms with Gasteiger partial charge in [-0.1, -0.05) is 59.3 Å². The normalized spacial score (nSPS) is 22.1. The van der Waals surface area contributed by atoms with E-state index in [9.17, 15) is 0 Å². The van der Waals surface area contributed by atoms with Crippen molar-refractivity contribution in [3.05, 3.63) is 0 Å². The van der Waals surface area contributed by atoms with Gasteiger partial charge in [-0.2, -0.15) is 0 Å². The molecule has 1 aliphatic heterocycles. The smallest absolute Gasteiger partial charge is 0.0730 e. The summed E-state index contributed by atoms with van der Waals surface area (Å²) in [6.07, 6.45) is 12.7. The summed E-state index contributed by atoms with van der Waals surface area (Å²) in [5.74, 6) is 0.798. The molecule has 1 aliphatic rings. The number of ether oxygens (including phenoxy) is 1. The van der Waals surface area contributed by atoms with Gasteiger partial charge in [-0.05, 0) is 31.7 Å². The summed E-state index contributed by atoms with van der Waals surface area (Å²) >= 11 is 0. The van der Waals surface area contributed by atoms with Crippen molar-refractivity contribution in [2.45, 2.75) is 84.7 Å². The third kappa shape index (κ3) is 7.08. The molecule has 0 aromatic rings. The van der Waals surface area contributed by atoms with Crippen LogP contribution in [0.1, 0.15) is 78.6 Å². The van der Waals surface area contributed by atoms with Crippen LogP contribution in [0.4, 0.5) is 0 Å². The zero-order chi connectivity index (χ0) is 14.6. The average molecular weight is 284 g/mol. The minimum atomic E-state index is 0.503. The summed E-state index contributed by atoms with van der Waals surface area (Å²) in [6.45, 7) is 11.4. The molecule has 2 heteroatoms. The van der Waals surface area contributed by atoms with Gasteiger partial charge in [0.2, 0.25) is 0 Å². The Morgan fingerprint density at radius 2 is 1.70 bits per heavy atom. The van der Waals surface area contributed by atoms with Crippen LogP contribution in [0.5, 0.6) is 0 Å². The summed E-state index contributed by atoms with van der Waals surface area (Å²) in [4.78, 5) is 2.61. The highest BCUT2D eigenvalue weighted by molar-refractivity contribution is 4.78. The van der Waals surface area contributed by atoms with Crippen molar-refractivity contribution in [2.24, 2.45) is 5.92 Å². The van der Waals surface area contributed by atoms with Crippen LogP contribution in [0.3, 0.4) is 0 Å².